The van der Waals surface area contributed by atoms with Gasteiger partial charge in [-0.15, -0.1) is 0 Å². The molecule has 0 bridgehead atoms. The van der Waals surface area contributed by atoms with Crippen LogP contribution < -0.4 is 4.74 Å². The van der Waals surface area contributed by atoms with Gasteiger partial charge < -0.3 is 4.74 Å². The van der Waals surface area contributed by atoms with Crippen LogP contribution in [0.4, 0.5) is 0 Å². The summed E-state index contributed by atoms with van der Waals surface area (Å²) in [6, 6.07) is 7.98. The molecule has 0 unspecified atom stereocenters. The topological polar surface area (TPSA) is 27.1 Å². The normalized spacial score (nSPS) is 10.5. The SMILES string of the molecule is COc1ccc(-c2cnn(CCC[S])c2)cc1. The summed E-state index contributed by atoms with van der Waals surface area (Å²) in [7, 11) is 1.67. The summed E-state index contributed by atoms with van der Waals surface area (Å²) in [6.45, 7) is 0.889. The molecular weight excluding hydrogens is 232 g/mol. The highest BCUT2D eigenvalue weighted by atomic mass is 32.1. The van der Waals surface area contributed by atoms with Crippen LogP contribution >= 0.6 is 12.6 Å². The van der Waals surface area contributed by atoms with E-state index in [9.17, 15) is 0 Å². The van der Waals surface area contributed by atoms with E-state index in [2.05, 4.69) is 5.10 Å². The van der Waals surface area contributed by atoms with E-state index in [1.807, 2.05) is 41.3 Å². The molecule has 17 heavy (non-hydrogen) atoms. The first-order valence-corrected chi connectivity index (χ1v) is 6.16. The Hall–Kier alpha value is -1.42. The van der Waals surface area contributed by atoms with E-state index in [4.69, 9.17) is 17.4 Å². The van der Waals surface area contributed by atoms with Gasteiger partial charge in [-0.2, -0.15) is 5.10 Å². The Morgan fingerprint density at radius 3 is 2.65 bits per heavy atom. The molecule has 0 aliphatic carbocycles. The smallest absolute Gasteiger partial charge is 0.118 e. The van der Waals surface area contributed by atoms with Gasteiger partial charge in [-0.05, 0) is 24.1 Å². The number of rotatable bonds is 5. The van der Waals surface area contributed by atoms with Crippen LogP contribution in [-0.2, 0) is 6.54 Å². The van der Waals surface area contributed by atoms with Crippen molar-refractivity contribution in [2.24, 2.45) is 0 Å². The van der Waals surface area contributed by atoms with Crippen molar-refractivity contribution in [1.82, 2.24) is 9.78 Å². The molecule has 1 aromatic carbocycles. The molecule has 0 saturated carbocycles. The van der Waals surface area contributed by atoms with E-state index < -0.39 is 0 Å². The molecule has 1 radical (unpaired) electrons. The van der Waals surface area contributed by atoms with Gasteiger partial charge >= 0.3 is 0 Å². The third-order valence-electron chi connectivity index (χ3n) is 2.59. The first-order valence-electron chi connectivity index (χ1n) is 5.58. The Balaban J connectivity index is 2.12. The number of methoxy groups -OCH3 is 1. The van der Waals surface area contributed by atoms with Gasteiger partial charge in [0.1, 0.15) is 5.75 Å². The predicted octanol–water partition coefficient (Wildman–Crippen LogP) is 3.15. The molecule has 2 aromatic rings. The standard InChI is InChI=1S/C13H15N2OS/c1-16-13-5-3-11(4-6-13)12-9-14-15(10-12)7-2-8-17/h3-6,9-10H,2,7-8H2,1H3. The van der Waals surface area contributed by atoms with Crippen molar-refractivity contribution in [2.75, 3.05) is 12.9 Å². The van der Waals surface area contributed by atoms with Crippen LogP contribution in [0.1, 0.15) is 6.42 Å². The quantitative estimate of drug-likeness (QED) is 0.811. The Morgan fingerprint density at radius 2 is 2.00 bits per heavy atom. The van der Waals surface area contributed by atoms with Gasteiger partial charge in [0, 0.05) is 24.1 Å². The molecule has 0 aliphatic heterocycles. The number of ether oxygens (including phenoxy) is 1. The van der Waals surface area contributed by atoms with Gasteiger partial charge in [0.2, 0.25) is 0 Å². The summed E-state index contributed by atoms with van der Waals surface area (Å²) < 4.78 is 7.07. The van der Waals surface area contributed by atoms with Gasteiger partial charge in [-0.25, -0.2) is 0 Å². The van der Waals surface area contributed by atoms with Crippen molar-refractivity contribution in [3.63, 3.8) is 0 Å². The van der Waals surface area contributed by atoms with Crippen LogP contribution in [0.3, 0.4) is 0 Å². The highest BCUT2D eigenvalue weighted by Gasteiger charge is 2.01. The van der Waals surface area contributed by atoms with E-state index in [1.165, 1.54) is 0 Å². The monoisotopic (exact) mass is 247 g/mol. The van der Waals surface area contributed by atoms with Crippen LogP contribution in [0, 0.1) is 0 Å². The number of nitrogens with zero attached hydrogens (tertiary/aromatic N) is 2. The molecule has 0 spiro atoms. The van der Waals surface area contributed by atoms with E-state index in [0.717, 1.165) is 35.6 Å². The van der Waals surface area contributed by atoms with Gasteiger partial charge in [0.05, 0.1) is 13.3 Å². The first kappa shape index (κ1) is 12.0. The minimum Gasteiger partial charge on any atom is -0.497 e. The highest BCUT2D eigenvalue weighted by molar-refractivity contribution is 7.80. The predicted molar refractivity (Wildman–Crippen MR) is 71.3 cm³/mol. The molecule has 0 saturated heterocycles. The fourth-order valence-corrected chi connectivity index (χ4v) is 1.77. The second kappa shape index (κ2) is 5.77. The summed E-state index contributed by atoms with van der Waals surface area (Å²) in [4.78, 5) is 0. The van der Waals surface area contributed by atoms with Crippen molar-refractivity contribution in [1.29, 1.82) is 0 Å². The third kappa shape index (κ3) is 3.03. The van der Waals surface area contributed by atoms with Crippen molar-refractivity contribution >= 4 is 12.6 Å². The first-order chi connectivity index (χ1) is 8.33. The lowest BCUT2D eigenvalue weighted by Crippen LogP contribution is -1.98. The summed E-state index contributed by atoms with van der Waals surface area (Å²) >= 11 is 4.92. The van der Waals surface area contributed by atoms with E-state index in [0.29, 0.717) is 0 Å². The molecule has 0 atom stereocenters. The van der Waals surface area contributed by atoms with Crippen LogP contribution in [-0.4, -0.2) is 22.6 Å². The number of hydrogen-bond donors (Lipinski definition) is 0. The van der Waals surface area contributed by atoms with Gasteiger partial charge in [0.25, 0.3) is 0 Å². The Morgan fingerprint density at radius 1 is 1.24 bits per heavy atom. The van der Waals surface area contributed by atoms with Crippen molar-refractivity contribution in [3.8, 4) is 16.9 Å². The fourth-order valence-electron chi connectivity index (χ4n) is 1.64. The molecule has 89 valence electrons. The molecule has 4 heteroatoms. The molecule has 2 rings (SSSR count). The number of benzene rings is 1. The molecule has 0 N–H and O–H groups in total. The van der Waals surface area contributed by atoms with Crippen molar-refractivity contribution in [2.45, 2.75) is 13.0 Å². The average molecular weight is 247 g/mol. The molecule has 1 aromatic heterocycles. The zero-order chi connectivity index (χ0) is 12.1. The van der Waals surface area contributed by atoms with Gasteiger partial charge in [-0.3, -0.25) is 4.68 Å². The van der Waals surface area contributed by atoms with Gasteiger partial charge in [0.15, 0.2) is 0 Å². The molecular formula is C13H15N2OS. The van der Waals surface area contributed by atoms with Crippen LogP contribution in [0.15, 0.2) is 36.7 Å². The minimum atomic E-state index is 0.776. The maximum absolute atomic E-state index is 5.13. The summed E-state index contributed by atoms with van der Waals surface area (Å²) in [6.07, 6.45) is 4.91. The summed E-state index contributed by atoms with van der Waals surface area (Å²) in [5, 5.41) is 4.31. The van der Waals surface area contributed by atoms with Crippen molar-refractivity contribution in [3.05, 3.63) is 36.7 Å². The minimum absolute atomic E-state index is 0.776. The molecule has 1 heterocycles. The van der Waals surface area contributed by atoms with Crippen LogP contribution in [0.2, 0.25) is 0 Å². The fraction of sp³-hybridized carbons (Fsp3) is 0.308. The second-order valence-electron chi connectivity index (χ2n) is 3.78. The highest BCUT2D eigenvalue weighted by Crippen LogP contribution is 2.21. The summed E-state index contributed by atoms with van der Waals surface area (Å²) in [5.74, 6) is 1.64. The maximum Gasteiger partial charge on any atom is 0.118 e. The van der Waals surface area contributed by atoms with E-state index in [1.54, 1.807) is 7.11 Å². The van der Waals surface area contributed by atoms with Gasteiger partial charge in [-0.1, -0.05) is 24.8 Å². The lowest BCUT2D eigenvalue weighted by molar-refractivity contribution is 0.415. The third-order valence-corrected chi connectivity index (χ3v) is 2.88. The Bertz CT molecular complexity index is 465. The van der Waals surface area contributed by atoms with E-state index in [-0.39, 0.29) is 0 Å². The second-order valence-corrected chi connectivity index (χ2v) is 4.19. The average Bonchev–Trinajstić information content (AvgIpc) is 2.85. The van der Waals surface area contributed by atoms with Crippen LogP contribution in [0.25, 0.3) is 11.1 Å². The molecule has 0 amide bonds. The van der Waals surface area contributed by atoms with Crippen LogP contribution in [0.5, 0.6) is 5.75 Å². The molecule has 3 nitrogen and oxygen atoms in total. The number of hydrogen-bond acceptors (Lipinski definition) is 2. The van der Waals surface area contributed by atoms with E-state index >= 15 is 0 Å². The summed E-state index contributed by atoms with van der Waals surface area (Å²) in [5.41, 5.74) is 2.27. The molecule has 0 aliphatic rings. The maximum atomic E-state index is 5.13. The molecule has 0 fully saturated rings. The lowest BCUT2D eigenvalue weighted by atomic mass is 10.1. The largest absolute Gasteiger partial charge is 0.497 e. The zero-order valence-electron chi connectivity index (χ0n) is 9.80. The number of aromatic nitrogens is 2. The zero-order valence-corrected chi connectivity index (χ0v) is 10.6. The Kier molecular flexibility index (Phi) is 4.09. The Labute approximate surface area is 107 Å². The van der Waals surface area contributed by atoms with Crippen molar-refractivity contribution < 1.29 is 4.74 Å². The number of aryl methyl sites for hydroxylation is 1. The lowest BCUT2D eigenvalue weighted by Gasteiger charge is -2.01.